The summed E-state index contributed by atoms with van der Waals surface area (Å²) in [5.74, 6) is 1.23. The van der Waals surface area contributed by atoms with Gasteiger partial charge in [0.15, 0.2) is 0 Å². The number of aliphatic hydroxyl groups excluding tert-OH is 1. The summed E-state index contributed by atoms with van der Waals surface area (Å²) in [7, 11) is 0. The Kier molecular flexibility index (Phi) is 6.63. The third-order valence-electron chi connectivity index (χ3n) is 2.61. The number of aliphatic hydroxyl groups is 1. The molecule has 0 bridgehead atoms. The molecule has 0 heterocycles. The van der Waals surface area contributed by atoms with Crippen molar-refractivity contribution in [1.29, 1.82) is 0 Å². The third kappa shape index (κ3) is 4.41. The number of hydrogen-bond donors (Lipinski definition) is 1. The van der Waals surface area contributed by atoms with Crippen LogP contribution in [0.5, 0.6) is 0 Å². The summed E-state index contributed by atoms with van der Waals surface area (Å²) in [6.07, 6.45) is 4.89. The maximum Gasteiger partial charge on any atom is 0.0461 e. The van der Waals surface area contributed by atoms with Gasteiger partial charge in [-0.1, -0.05) is 40.0 Å². The second-order valence-electron chi connectivity index (χ2n) is 3.47. The zero-order valence-corrected chi connectivity index (χ0v) is 8.14. The molecular formula is C10H22O. The SMILES string of the molecule is CCCC[C@@H](CO)C(C)CC. The summed E-state index contributed by atoms with van der Waals surface area (Å²) in [6, 6.07) is 0. The molecule has 68 valence electrons. The van der Waals surface area contributed by atoms with Gasteiger partial charge in [-0.25, -0.2) is 0 Å². The summed E-state index contributed by atoms with van der Waals surface area (Å²) < 4.78 is 0. The van der Waals surface area contributed by atoms with Gasteiger partial charge in [0.05, 0.1) is 0 Å². The molecule has 0 aromatic heterocycles. The summed E-state index contributed by atoms with van der Waals surface area (Å²) in [6.45, 7) is 7.00. The highest BCUT2D eigenvalue weighted by molar-refractivity contribution is 4.63. The third-order valence-corrected chi connectivity index (χ3v) is 2.61. The average molecular weight is 158 g/mol. The minimum absolute atomic E-state index is 0.370. The van der Waals surface area contributed by atoms with Crippen LogP contribution in [-0.2, 0) is 0 Å². The molecule has 0 aromatic carbocycles. The van der Waals surface area contributed by atoms with E-state index in [1.165, 1.54) is 25.7 Å². The van der Waals surface area contributed by atoms with Crippen molar-refractivity contribution in [2.24, 2.45) is 11.8 Å². The minimum Gasteiger partial charge on any atom is -0.396 e. The Morgan fingerprint density at radius 3 is 2.27 bits per heavy atom. The molecule has 1 unspecified atom stereocenters. The van der Waals surface area contributed by atoms with E-state index >= 15 is 0 Å². The molecule has 0 fully saturated rings. The van der Waals surface area contributed by atoms with Crippen LogP contribution in [0.3, 0.4) is 0 Å². The van der Waals surface area contributed by atoms with Crippen LogP contribution in [0.15, 0.2) is 0 Å². The molecule has 1 nitrogen and oxygen atoms in total. The van der Waals surface area contributed by atoms with Gasteiger partial charge in [-0.3, -0.25) is 0 Å². The van der Waals surface area contributed by atoms with Crippen LogP contribution in [0.4, 0.5) is 0 Å². The van der Waals surface area contributed by atoms with Crippen molar-refractivity contribution in [2.75, 3.05) is 6.61 Å². The Labute approximate surface area is 70.8 Å². The van der Waals surface area contributed by atoms with Gasteiger partial charge in [0.2, 0.25) is 0 Å². The molecule has 0 aliphatic heterocycles. The highest BCUT2D eigenvalue weighted by atomic mass is 16.3. The molecule has 0 spiro atoms. The summed E-state index contributed by atoms with van der Waals surface area (Å²) in [5, 5.41) is 9.05. The standard InChI is InChI=1S/C10H22O/c1-4-6-7-10(8-11)9(3)5-2/h9-11H,4-8H2,1-3H3/t9?,10-/m0/s1. The van der Waals surface area contributed by atoms with Crippen molar-refractivity contribution < 1.29 is 5.11 Å². The normalized spacial score (nSPS) is 16.4. The molecule has 0 aromatic rings. The summed E-state index contributed by atoms with van der Waals surface area (Å²) in [5.41, 5.74) is 0. The molecule has 0 rings (SSSR count). The van der Waals surface area contributed by atoms with Gasteiger partial charge in [-0.2, -0.15) is 0 Å². The van der Waals surface area contributed by atoms with Crippen LogP contribution in [0.25, 0.3) is 0 Å². The van der Waals surface area contributed by atoms with Crippen LogP contribution < -0.4 is 0 Å². The number of hydrogen-bond acceptors (Lipinski definition) is 1. The maximum absolute atomic E-state index is 9.05. The Bertz CT molecular complexity index is 80.9. The lowest BCUT2D eigenvalue weighted by Gasteiger charge is -2.19. The van der Waals surface area contributed by atoms with Gasteiger partial charge in [-0.15, -0.1) is 0 Å². The highest BCUT2D eigenvalue weighted by Gasteiger charge is 2.13. The van der Waals surface area contributed by atoms with Crippen molar-refractivity contribution in [2.45, 2.75) is 46.5 Å². The minimum atomic E-state index is 0.370. The van der Waals surface area contributed by atoms with E-state index in [1.807, 2.05) is 0 Å². The molecule has 0 amide bonds. The van der Waals surface area contributed by atoms with Crippen molar-refractivity contribution in [3.63, 3.8) is 0 Å². The van der Waals surface area contributed by atoms with Gasteiger partial charge < -0.3 is 5.11 Å². The molecule has 0 aliphatic carbocycles. The second kappa shape index (κ2) is 6.66. The molecule has 0 radical (unpaired) electrons. The van der Waals surface area contributed by atoms with Crippen LogP contribution >= 0.6 is 0 Å². The Balaban J connectivity index is 3.56. The quantitative estimate of drug-likeness (QED) is 0.630. The fourth-order valence-electron chi connectivity index (χ4n) is 1.36. The molecule has 0 aliphatic rings. The lowest BCUT2D eigenvalue weighted by Crippen LogP contribution is -2.15. The lowest BCUT2D eigenvalue weighted by molar-refractivity contribution is 0.169. The fourth-order valence-corrected chi connectivity index (χ4v) is 1.36. The Hall–Kier alpha value is -0.0400. The van der Waals surface area contributed by atoms with E-state index in [0.29, 0.717) is 18.4 Å². The Morgan fingerprint density at radius 1 is 1.27 bits per heavy atom. The van der Waals surface area contributed by atoms with E-state index in [9.17, 15) is 0 Å². The Morgan fingerprint density at radius 2 is 1.91 bits per heavy atom. The largest absolute Gasteiger partial charge is 0.396 e. The van der Waals surface area contributed by atoms with Crippen molar-refractivity contribution >= 4 is 0 Å². The molecule has 0 saturated heterocycles. The van der Waals surface area contributed by atoms with Crippen LogP contribution in [0, 0.1) is 11.8 Å². The van der Waals surface area contributed by atoms with E-state index < -0.39 is 0 Å². The molecule has 2 atom stereocenters. The van der Waals surface area contributed by atoms with Crippen molar-refractivity contribution in [3.8, 4) is 0 Å². The van der Waals surface area contributed by atoms with E-state index in [2.05, 4.69) is 20.8 Å². The first-order valence-electron chi connectivity index (χ1n) is 4.87. The lowest BCUT2D eigenvalue weighted by atomic mass is 9.88. The van der Waals surface area contributed by atoms with Crippen LogP contribution in [0.2, 0.25) is 0 Å². The zero-order valence-electron chi connectivity index (χ0n) is 8.14. The first kappa shape index (κ1) is 11.0. The van der Waals surface area contributed by atoms with E-state index in [4.69, 9.17) is 5.11 Å². The molecular weight excluding hydrogens is 136 g/mol. The van der Waals surface area contributed by atoms with E-state index in [-0.39, 0.29) is 0 Å². The van der Waals surface area contributed by atoms with Gasteiger partial charge in [-0.05, 0) is 18.3 Å². The van der Waals surface area contributed by atoms with E-state index in [1.54, 1.807) is 0 Å². The molecule has 11 heavy (non-hydrogen) atoms. The topological polar surface area (TPSA) is 20.2 Å². The van der Waals surface area contributed by atoms with E-state index in [0.717, 1.165) is 0 Å². The maximum atomic E-state index is 9.05. The number of rotatable bonds is 6. The summed E-state index contributed by atoms with van der Waals surface area (Å²) in [4.78, 5) is 0. The van der Waals surface area contributed by atoms with Crippen molar-refractivity contribution in [3.05, 3.63) is 0 Å². The predicted octanol–water partition coefficient (Wildman–Crippen LogP) is 2.83. The molecule has 1 heteroatoms. The highest BCUT2D eigenvalue weighted by Crippen LogP contribution is 2.20. The molecule has 1 N–H and O–H groups in total. The first-order valence-corrected chi connectivity index (χ1v) is 4.87. The van der Waals surface area contributed by atoms with Gasteiger partial charge >= 0.3 is 0 Å². The smallest absolute Gasteiger partial charge is 0.0461 e. The monoisotopic (exact) mass is 158 g/mol. The molecule has 0 saturated carbocycles. The average Bonchev–Trinajstić information content (AvgIpc) is 2.05. The van der Waals surface area contributed by atoms with Gasteiger partial charge in [0.1, 0.15) is 0 Å². The van der Waals surface area contributed by atoms with Crippen LogP contribution in [-0.4, -0.2) is 11.7 Å². The van der Waals surface area contributed by atoms with Crippen molar-refractivity contribution in [1.82, 2.24) is 0 Å². The summed E-state index contributed by atoms with van der Waals surface area (Å²) >= 11 is 0. The van der Waals surface area contributed by atoms with Gasteiger partial charge in [0.25, 0.3) is 0 Å². The fraction of sp³-hybridized carbons (Fsp3) is 1.00. The van der Waals surface area contributed by atoms with Crippen LogP contribution in [0.1, 0.15) is 46.5 Å². The number of unbranched alkanes of at least 4 members (excludes halogenated alkanes) is 1. The second-order valence-corrected chi connectivity index (χ2v) is 3.47. The van der Waals surface area contributed by atoms with Gasteiger partial charge in [0, 0.05) is 6.61 Å². The predicted molar refractivity (Wildman–Crippen MR) is 49.6 cm³/mol. The zero-order chi connectivity index (χ0) is 8.69. The first-order chi connectivity index (χ1) is 5.26.